The Labute approximate surface area is 179 Å². The van der Waals surface area contributed by atoms with Crippen molar-refractivity contribution in [1.29, 1.82) is 0 Å². The van der Waals surface area contributed by atoms with Crippen LogP contribution < -0.4 is 15.4 Å². The molecule has 0 heterocycles. The number of nitrogens with one attached hydrogen (secondary N) is 3. The van der Waals surface area contributed by atoms with Crippen LogP contribution in [0.25, 0.3) is 0 Å². The number of anilines is 1. The lowest BCUT2D eigenvalue weighted by atomic mass is 9.95. The second-order valence-electron chi connectivity index (χ2n) is 7.90. The number of sulfonamides is 1. The molecule has 6 nitrogen and oxygen atoms in total. The zero-order chi connectivity index (χ0) is 21.4. The Bertz CT molecular complexity index is 936. The summed E-state index contributed by atoms with van der Waals surface area (Å²) in [6, 6.07) is 13.8. The topological polar surface area (TPSA) is 87.3 Å². The van der Waals surface area contributed by atoms with E-state index in [0.717, 1.165) is 18.5 Å². The molecule has 0 bridgehead atoms. The van der Waals surface area contributed by atoms with Crippen molar-refractivity contribution in [2.24, 2.45) is 0 Å². The summed E-state index contributed by atoms with van der Waals surface area (Å²) in [7, 11) is -3.76. The van der Waals surface area contributed by atoms with E-state index < -0.39 is 10.0 Å². The van der Waals surface area contributed by atoms with Gasteiger partial charge in [0, 0.05) is 23.8 Å². The van der Waals surface area contributed by atoms with Crippen molar-refractivity contribution in [3.8, 4) is 0 Å². The Morgan fingerprint density at radius 1 is 1.00 bits per heavy atom. The number of benzene rings is 2. The number of hydrogen-bond acceptors (Lipinski definition) is 4. The first kappa shape index (κ1) is 22.3. The molecule has 1 aliphatic carbocycles. The van der Waals surface area contributed by atoms with Gasteiger partial charge in [0.15, 0.2) is 0 Å². The molecule has 2 aromatic rings. The minimum absolute atomic E-state index is 0.0645. The largest absolute Gasteiger partial charge is 0.352 e. The maximum Gasteiger partial charge on any atom is 0.261 e. The molecule has 0 radical (unpaired) electrons. The van der Waals surface area contributed by atoms with Gasteiger partial charge in [-0.1, -0.05) is 43.0 Å². The minimum Gasteiger partial charge on any atom is -0.352 e. The van der Waals surface area contributed by atoms with Crippen LogP contribution in [0.3, 0.4) is 0 Å². The van der Waals surface area contributed by atoms with Gasteiger partial charge in [-0.05, 0) is 63.1 Å². The molecule has 162 valence electrons. The quantitative estimate of drug-likeness (QED) is 0.529. The lowest BCUT2D eigenvalue weighted by Crippen LogP contribution is -2.34. The number of aryl methyl sites for hydroxylation is 1. The monoisotopic (exact) mass is 429 g/mol. The van der Waals surface area contributed by atoms with Gasteiger partial charge >= 0.3 is 0 Å². The van der Waals surface area contributed by atoms with Crippen molar-refractivity contribution in [3.63, 3.8) is 0 Å². The van der Waals surface area contributed by atoms with Crippen LogP contribution in [0.15, 0.2) is 53.4 Å². The van der Waals surface area contributed by atoms with E-state index in [4.69, 9.17) is 0 Å². The fraction of sp³-hybridized carbons (Fsp3) is 0.435. The predicted molar refractivity (Wildman–Crippen MR) is 120 cm³/mol. The Kier molecular flexibility index (Phi) is 7.87. The number of carbonyl (C=O) groups excluding carboxylic acids is 1. The molecule has 1 aliphatic rings. The van der Waals surface area contributed by atoms with Crippen molar-refractivity contribution in [3.05, 3.63) is 59.7 Å². The highest BCUT2D eigenvalue weighted by molar-refractivity contribution is 7.92. The predicted octanol–water partition coefficient (Wildman–Crippen LogP) is 3.84. The van der Waals surface area contributed by atoms with Gasteiger partial charge in [-0.25, -0.2) is 8.42 Å². The second kappa shape index (κ2) is 10.6. The number of amides is 1. The maximum atomic E-state index is 12.7. The van der Waals surface area contributed by atoms with Crippen molar-refractivity contribution in [2.75, 3.05) is 17.8 Å². The van der Waals surface area contributed by atoms with Crippen LogP contribution in [0.4, 0.5) is 5.69 Å². The Morgan fingerprint density at radius 2 is 1.73 bits per heavy atom. The van der Waals surface area contributed by atoms with E-state index in [2.05, 4.69) is 15.4 Å². The number of carbonyl (C=O) groups is 1. The molecule has 1 saturated carbocycles. The smallest absolute Gasteiger partial charge is 0.261 e. The van der Waals surface area contributed by atoms with E-state index in [-0.39, 0.29) is 10.8 Å². The summed E-state index contributed by atoms with van der Waals surface area (Å²) in [5.41, 5.74) is 1.87. The van der Waals surface area contributed by atoms with E-state index in [1.54, 1.807) is 24.3 Å². The van der Waals surface area contributed by atoms with Gasteiger partial charge in [0.05, 0.1) is 4.90 Å². The average molecular weight is 430 g/mol. The lowest BCUT2D eigenvalue weighted by molar-refractivity contribution is 0.0953. The number of hydrogen-bond donors (Lipinski definition) is 3. The molecule has 2 aromatic carbocycles. The fourth-order valence-electron chi connectivity index (χ4n) is 3.65. The van der Waals surface area contributed by atoms with Gasteiger partial charge in [0.1, 0.15) is 0 Å². The summed E-state index contributed by atoms with van der Waals surface area (Å²) < 4.78 is 27.9. The molecule has 1 amide bonds. The van der Waals surface area contributed by atoms with Crippen LogP contribution in [-0.4, -0.2) is 33.5 Å². The normalized spacial score (nSPS) is 15.0. The molecule has 0 saturated heterocycles. The minimum atomic E-state index is -3.76. The molecule has 0 aliphatic heterocycles. The van der Waals surface area contributed by atoms with E-state index in [0.29, 0.717) is 23.8 Å². The molecular formula is C23H31N3O3S. The first-order valence-corrected chi connectivity index (χ1v) is 12.1. The van der Waals surface area contributed by atoms with Crippen LogP contribution in [0.5, 0.6) is 0 Å². The fourth-order valence-corrected chi connectivity index (χ4v) is 4.75. The number of rotatable bonds is 9. The van der Waals surface area contributed by atoms with Gasteiger partial charge in [-0.3, -0.25) is 9.52 Å². The molecule has 3 rings (SSSR count). The van der Waals surface area contributed by atoms with E-state index in [9.17, 15) is 13.2 Å². The Balaban J connectivity index is 1.50. The maximum absolute atomic E-state index is 12.7. The van der Waals surface area contributed by atoms with Gasteiger partial charge in [0.25, 0.3) is 15.9 Å². The summed E-state index contributed by atoms with van der Waals surface area (Å²) >= 11 is 0. The highest BCUT2D eigenvalue weighted by atomic mass is 32.2. The van der Waals surface area contributed by atoms with Gasteiger partial charge in [0.2, 0.25) is 0 Å². The van der Waals surface area contributed by atoms with Crippen LogP contribution in [0, 0.1) is 6.92 Å². The highest BCUT2D eigenvalue weighted by Crippen LogP contribution is 2.18. The third-order valence-electron chi connectivity index (χ3n) is 5.39. The molecule has 30 heavy (non-hydrogen) atoms. The van der Waals surface area contributed by atoms with Crippen molar-refractivity contribution in [1.82, 2.24) is 10.6 Å². The summed E-state index contributed by atoms with van der Waals surface area (Å²) in [5.74, 6) is -0.264. The molecule has 0 unspecified atom stereocenters. The highest BCUT2D eigenvalue weighted by Gasteiger charge is 2.17. The third-order valence-corrected chi connectivity index (χ3v) is 6.77. The van der Waals surface area contributed by atoms with Crippen LogP contribution in [0.2, 0.25) is 0 Å². The zero-order valence-corrected chi connectivity index (χ0v) is 18.3. The van der Waals surface area contributed by atoms with E-state index in [1.165, 1.54) is 44.2 Å². The Hall–Kier alpha value is -2.38. The van der Waals surface area contributed by atoms with Gasteiger partial charge in [-0.15, -0.1) is 0 Å². The summed E-state index contributed by atoms with van der Waals surface area (Å²) in [6.07, 6.45) is 7.26. The second-order valence-corrected chi connectivity index (χ2v) is 9.58. The summed E-state index contributed by atoms with van der Waals surface area (Å²) in [5, 5.41) is 6.43. The van der Waals surface area contributed by atoms with Crippen molar-refractivity contribution >= 4 is 21.6 Å². The van der Waals surface area contributed by atoms with Crippen LogP contribution in [-0.2, 0) is 10.0 Å². The average Bonchev–Trinajstić information content (AvgIpc) is 2.76. The van der Waals surface area contributed by atoms with E-state index >= 15 is 0 Å². The van der Waals surface area contributed by atoms with Gasteiger partial charge < -0.3 is 10.6 Å². The molecule has 0 atom stereocenters. The van der Waals surface area contributed by atoms with Crippen LogP contribution in [0.1, 0.15) is 54.4 Å². The Morgan fingerprint density at radius 3 is 2.47 bits per heavy atom. The summed E-state index contributed by atoms with van der Waals surface area (Å²) in [4.78, 5) is 12.5. The zero-order valence-electron chi connectivity index (χ0n) is 17.5. The standard InChI is InChI=1S/C23H31N3O3S/c1-18-11-13-21(14-12-18)26-30(28,29)22-10-5-7-19(17-22)23(27)25-16-6-15-24-20-8-3-2-4-9-20/h5,7,10-14,17,20,24,26H,2-4,6,8-9,15-16H2,1H3,(H,25,27). The molecule has 0 spiro atoms. The molecular weight excluding hydrogens is 398 g/mol. The summed E-state index contributed by atoms with van der Waals surface area (Å²) in [6.45, 7) is 3.36. The van der Waals surface area contributed by atoms with Crippen LogP contribution >= 0.6 is 0 Å². The van der Waals surface area contributed by atoms with E-state index in [1.807, 2.05) is 19.1 Å². The first-order valence-electron chi connectivity index (χ1n) is 10.7. The first-order chi connectivity index (χ1) is 14.4. The molecule has 1 fully saturated rings. The molecule has 7 heteroatoms. The molecule has 0 aromatic heterocycles. The third kappa shape index (κ3) is 6.57. The van der Waals surface area contributed by atoms with Gasteiger partial charge in [-0.2, -0.15) is 0 Å². The molecule has 3 N–H and O–H groups in total. The van der Waals surface area contributed by atoms with Crippen molar-refractivity contribution < 1.29 is 13.2 Å². The lowest BCUT2D eigenvalue weighted by Gasteiger charge is -2.22. The SMILES string of the molecule is Cc1ccc(NS(=O)(=O)c2cccc(C(=O)NCCCNC3CCCCC3)c2)cc1. The van der Waals surface area contributed by atoms with Crippen molar-refractivity contribution in [2.45, 2.75) is 56.4 Å².